The highest BCUT2D eigenvalue weighted by Gasteiger charge is 2.41. The summed E-state index contributed by atoms with van der Waals surface area (Å²) in [5.74, 6) is -0.866. The molecular weight excluding hydrogens is 323 g/mol. The monoisotopic (exact) mass is 345 g/mol. The van der Waals surface area contributed by atoms with E-state index in [1.807, 2.05) is 0 Å². The number of alkyl halides is 3. The fraction of sp³-hybridized carbons (Fsp3) is 0.588. The average Bonchev–Trinajstić information content (AvgIpc) is 2.53. The lowest BCUT2D eigenvalue weighted by atomic mass is 9.97. The molecule has 1 aliphatic rings. The molecule has 0 saturated carbocycles. The molecule has 0 radical (unpaired) electrons. The van der Waals surface area contributed by atoms with E-state index in [-0.39, 0.29) is 31.9 Å². The van der Waals surface area contributed by atoms with Gasteiger partial charge in [-0.15, -0.1) is 0 Å². The quantitative estimate of drug-likeness (QED) is 0.806. The number of hydrogen-bond donors (Lipinski definition) is 1. The van der Waals surface area contributed by atoms with E-state index in [9.17, 15) is 23.1 Å². The van der Waals surface area contributed by atoms with Crippen LogP contribution in [0.1, 0.15) is 30.1 Å². The van der Waals surface area contributed by atoms with Crippen LogP contribution in [0.25, 0.3) is 0 Å². The first-order valence-electron chi connectivity index (χ1n) is 7.96. The molecule has 0 aromatic heterocycles. The van der Waals surface area contributed by atoms with Crippen LogP contribution < -0.4 is 4.74 Å². The number of aliphatic hydroxyl groups is 1. The molecule has 1 saturated heterocycles. The second-order valence-electron chi connectivity index (χ2n) is 6.19. The molecule has 0 unspecified atom stereocenters. The van der Waals surface area contributed by atoms with Gasteiger partial charge >= 0.3 is 6.18 Å². The van der Waals surface area contributed by atoms with Gasteiger partial charge in [-0.1, -0.05) is 0 Å². The molecule has 24 heavy (non-hydrogen) atoms. The molecule has 1 aromatic rings. The zero-order chi connectivity index (χ0) is 17.7. The van der Waals surface area contributed by atoms with Crippen LogP contribution in [-0.4, -0.2) is 54.3 Å². The van der Waals surface area contributed by atoms with E-state index in [0.717, 1.165) is 0 Å². The van der Waals surface area contributed by atoms with Gasteiger partial charge in [0.1, 0.15) is 18.5 Å². The largest absolute Gasteiger partial charge is 0.491 e. The van der Waals surface area contributed by atoms with Crippen molar-refractivity contribution in [3.8, 4) is 5.75 Å². The van der Waals surface area contributed by atoms with Crippen molar-refractivity contribution in [3.63, 3.8) is 0 Å². The molecule has 0 bridgehead atoms. The molecule has 1 heterocycles. The zero-order valence-electron chi connectivity index (χ0n) is 13.6. The minimum atomic E-state index is -4.18. The Balaban J connectivity index is 1.78. The molecule has 2 rings (SSSR count). The van der Waals surface area contributed by atoms with Crippen LogP contribution in [0.2, 0.25) is 0 Å². The molecule has 4 nitrogen and oxygen atoms in total. The molecule has 7 heteroatoms. The highest BCUT2D eigenvalue weighted by Crippen LogP contribution is 2.33. The average molecular weight is 345 g/mol. The second-order valence-corrected chi connectivity index (χ2v) is 6.19. The van der Waals surface area contributed by atoms with Gasteiger partial charge in [0.15, 0.2) is 5.78 Å². The molecule has 1 fully saturated rings. The number of carbonyl (C=O) groups excluding carboxylic acids is 1. The standard InChI is InChI=1S/C17H22F3NO3/c1-12(22)13-4-6-16(7-5-13)24-11-15(23)10-21-8-2-3-14(9-21)17(18,19)20/h4-7,14-15,23H,2-3,8-11H2,1H3/t14-,15+/m1/s1. The number of benzene rings is 1. The number of nitrogens with zero attached hydrogens (tertiary/aromatic N) is 1. The Morgan fingerprint density at radius 1 is 1.38 bits per heavy atom. The van der Waals surface area contributed by atoms with E-state index in [0.29, 0.717) is 24.3 Å². The molecular formula is C17H22F3NO3. The number of halogens is 3. The Hall–Kier alpha value is -1.60. The van der Waals surface area contributed by atoms with E-state index < -0.39 is 18.2 Å². The van der Waals surface area contributed by atoms with Crippen LogP contribution in [0.15, 0.2) is 24.3 Å². The normalized spacial score (nSPS) is 20.6. The summed E-state index contributed by atoms with van der Waals surface area (Å²) in [7, 11) is 0. The van der Waals surface area contributed by atoms with Crippen molar-refractivity contribution in [1.82, 2.24) is 4.90 Å². The predicted octanol–water partition coefficient (Wildman–Crippen LogP) is 2.90. The number of piperidine rings is 1. The van der Waals surface area contributed by atoms with Gasteiger partial charge in [-0.3, -0.25) is 4.79 Å². The third-order valence-electron chi connectivity index (χ3n) is 4.14. The van der Waals surface area contributed by atoms with Gasteiger partial charge in [0.05, 0.1) is 5.92 Å². The third-order valence-corrected chi connectivity index (χ3v) is 4.14. The van der Waals surface area contributed by atoms with Crippen molar-refractivity contribution in [1.29, 1.82) is 0 Å². The second kappa shape index (κ2) is 7.98. The number of carbonyl (C=O) groups is 1. The molecule has 0 spiro atoms. The van der Waals surface area contributed by atoms with Crippen molar-refractivity contribution < 1.29 is 27.8 Å². The third kappa shape index (κ3) is 5.49. The topological polar surface area (TPSA) is 49.8 Å². The Morgan fingerprint density at radius 2 is 2.04 bits per heavy atom. The summed E-state index contributed by atoms with van der Waals surface area (Å²) in [5.41, 5.74) is 0.564. The highest BCUT2D eigenvalue weighted by molar-refractivity contribution is 5.94. The van der Waals surface area contributed by atoms with Gasteiger partial charge in [0.2, 0.25) is 0 Å². The van der Waals surface area contributed by atoms with Crippen LogP contribution in [0, 0.1) is 5.92 Å². The molecule has 1 aliphatic heterocycles. The Morgan fingerprint density at radius 3 is 2.62 bits per heavy atom. The summed E-state index contributed by atoms with van der Waals surface area (Å²) in [6, 6.07) is 6.51. The van der Waals surface area contributed by atoms with E-state index in [1.165, 1.54) is 6.92 Å². The maximum absolute atomic E-state index is 12.8. The van der Waals surface area contributed by atoms with Gasteiger partial charge in [0, 0.05) is 18.7 Å². The van der Waals surface area contributed by atoms with Gasteiger partial charge in [0.25, 0.3) is 0 Å². The van der Waals surface area contributed by atoms with Gasteiger partial charge in [-0.05, 0) is 50.6 Å². The molecule has 2 atom stereocenters. The first-order valence-corrected chi connectivity index (χ1v) is 7.96. The summed E-state index contributed by atoms with van der Waals surface area (Å²) in [5, 5.41) is 9.99. The molecule has 1 N–H and O–H groups in total. The first-order chi connectivity index (χ1) is 11.3. The minimum absolute atomic E-state index is 0.00734. The van der Waals surface area contributed by atoms with Crippen LogP contribution in [0.3, 0.4) is 0 Å². The summed E-state index contributed by atoms with van der Waals surface area (Å²) < 4.78 is 43.7. The summed E-state index contributed by atoms with van der Waals surface area (Å²) in [6.07, 6.45) is -4.43. The van der Waals surface area contributed by atoms with Crippen molar-refractivity contribution in [2.75, 3.05) is 26.2 Å². The summed E-state index contributed by atoms with van der Waals surface area (Å²) >= 11 is 0. The number of β-amino-alcohol motifs (C(OH)–C–C–N with tert-alkyl or cyclic N) is 1. The Bertz CT molecular complexity index is 545. The zero-order valence-corrected chi connectivity index (χ0v) is 13.6. The van der Waals surface area contributed by atoms with Gasteiger partial charge in [-0.2, -0.15) is 13.2 Å². The number of ketones is 1. The van der Waals surface area contributed by atoms with Gasteiger partial charge in [-0.25, -0.2) is 0 Å². The number of rotatable bonds is 6. The number of aliphatic hydroxyl groups excluding tert-OH is 1. The lowest BCUT2D eigenvalue weighted by Crippen LogP contribution is -2.45. The fourth-order valence-corrected chi connectivity index (χ4v) is 2.82. The van der Waals surface area contributed by atoms with Gasteiger partial charge < -0.3 is 14.7 Å². The lowest BCUT2D eigenvalue weighted by molar-refractivity contribution is -0.187. The molecule has 134 valence electrons. The number of Topliss-reactive ketones (excluding diaryl/α,β-unsaturated/α-hetero) is 1. The van der Waals surface area contributed by atoms with E-state index in [2.05, 4.69) is 0 Å². The Labute approximate surface area is 139 Å². The number of ether oxygens (including phenoxy) is 1. The van der Waals surface area contributed by atoms with Crippen LogP contribution in [-0.2, 0) is 0 Å². The lowest BCUT2D eigenvalue weighted by Gasteiger charge is -2.34. The van der Waals surface area contributed by atoms with Crippen LogP contribution in [0.5, 0.6) is 5.75 Å². The first kappa shape index (κ1) is 18.7. The molecule has 1 aromatic carbocycles. The van der Waals surface area contributed by atoms with Crippen molar-refractivity contribution in [3.05, 3.63) is 29.8 Å². The van der Waals surface area contributed by atoms with Crippen molar-refractivity contribution in [2.24, 2.45) is 5.92 Å². The smallest absolute Gasteiger partial charge is 0.393 e. The van der Waals surface area contributed by atoms with E-state index >= 15 is 0 Å². The maximum Gasteiger partial charge on any atom is 0.393 e. The van der Waals surface area contributed by atoms with Crippen LogP contribution in [0.4, 0.5) is 13.2 Å². The number of hydrogen-bond acceptors (Lipinski definition) is 4. The molecule has 0 amide bonds. The van der Waals surface area contributed by atoms with Crippen molar-refractivity contribution in [2.45, 2.75) is 32.0 Å². The summed E-state index contributed by atoms with van der Waals surface area (Å²) in [4.78, 5) is 12.8. The fourth-order valence-electron chi connectivity index (χ4n) is 2.82. The maximum atomic E-state index is 12.8. The van der Waals surface area contributed by atoms with Crippen molar-refractivity contribution >= 4 is 5.78 Å². The Kier molecular flexibility index (Phi) is 6.23. The molecule has 0 aliphatic carbocycles. The highest BCUT2D eigenvalue weighted by atomic mass is 19.4. The number of likely N-dealkylation sites (tertiary alicyclic amines) is 1. The predicted molar refractivity (Wildman–Crippen MR) is 83.2 cm³/mol. The van der Waals surface area contributed by atoms with E-state index in [1.54, 1.807) is 29.2 Å². The SMILES string of the molecule is CC(=O)c1ccc(OC[C@@H](O)CN2CCC[C@@H](C(F)(F)F)C2)cc1. The minimum Gasteiger partial charge on any atom is -0.491 e. The van der Waals surface area contributed by atoms with Crippen LogP contribution >= 0.6 is 0 Å². The summed E-state index contributed by atoms with van der Waals surface area (Å²) in [6.45, 7) is 2.09. The van der Waals surface area contributed by atoms with E-state index in [4.69, 9.17) is 4.74 Å².